The van der Waals surface area contributed by atoms with Crippen LogP contribution in [0.3, 0.4) is 0 Å². The van der Waals surface area contributed by atoms with E-state index in [0.717, 1.165) is 5.56 Å². The van der Waals surface area contributed by atoms with Crippen molar-refractivity contribution in [3.8, 4) is 5.75 Å². The molecule has 0 fully saturated rings. The van der Waals surface area contributed by atoms with Crippen LogP contribution in [0.2, 0.25) is 0 Å². The van der Waals surface area contributed by atoms with Gasteiger partial charge in [-0.25, -0.2) is 10.5 Å². The Balaban J connectivity index is 1.79. The summed E-state index contributed by atoms with van der Waals surface area (Å²) in [7, 11) is 0. The van der Waals surface area contributed by atoms with E-state index in [1.165, 1.54) is 0 Å². The highest BCUT2D eigenvalue weighted by Gasteiger charge is 2.53. The molecule has 10 heteroatoms. The SMILES string of the molecule is [N-]=[N+]=NCc1ccccc1[C@@H]1OC(c2ccc(OCCCO)cc2)=N[C@]1(Cc1ccccc1)C(=O)NO. The van der Waals surface area contributed by atoms with E-state index >= 15 is 0 Å². The highest BCUT2D eigenvalue weighted by atomic mass is 16.5. The molecule has 3 aromatic rings. The van der Waals surface area contributed by atoms with E-state index < -0.39 is 17.6 Å². The number of rotatable bonds is 11. The number of hydrogen-bond acceptors (Lipinski definition) is 7. The average Bonchev–Trinajstić information content (AvgIpc) is 3.32. The predicted molar refractivity (Wildman–Crippen MR) is 136 cm³/mol. The molecule has 1 aliphatic rings. The van der Waals surface area contributed by atoms with Crippen molar-refractivity contribution in [3.63, 3.8) is 0 Å². The van der Waals surface area contributed by atoms with Crippen LogP contribution in [0.4, 0.5) is 0 Å². The zero-order chi connectivity index (χ0) is 26.1. The largest absolute Gasteiger partial charge is 0.494 e. The molecule has 4 rings (SSSR count). The van der Waals surface area contributed by atoms with Crippen molar-refractivity contribution >= 4 is 11.8 Å². The maximum atomic E-state index is 13.4. The third-order valence-electron chi connectivity index (χ3n) is 6.09. The smallest absolute Gasteiger partial charge is 0.275 e. The Morgan fingerprint density at radius 2 is 1.84 bits per heavy atom. The average molecular weight is 502 g/mol. The number of carbonyl (C=O) groups excluding carboxylic acids is 1. The Labute approximate surface area is 213 Å². The first-order chi connectivity index (χ1) is 18.1. The van der Waals surface area contributed by atoms with Crippen molar-refractivity contribution in [2.75, 3.05) is 13.2 Å². The molecule has 0 radical (unpaired) electrons. The molecular weight excluding hydrogens is 474 g/mol. The predicted octanol–water partition coefficient (Wildman–Crippen LogP) is 4.26. The normalized spacial score (nSPS) is 18.3. The molecule has 1 aliphatic heterocycles. The summed E-state index contributed by atoms with van der Waals surface area (Å²) >= 11 is 0. The second-order valence-corrected chi connectivity index (χ2v) is 8.48. The summed E-state index contributed by atoms with van der Waals surface area (Å²) in [6, 6.07) is 23.6. The number of hydrogen-bond donors (Lipinski definition) is 3. The van der Waals surface area contributed by atoms with Crippen LogP contribution >= 0.6 is 0 Å². The Kier molecular flexibility index (Phi) is 8.37. The fourth-order valence-electron chi connectivity index (χ4n) is 4.30. The Morgan fingerprint density at radius 1 is 1.11 bits per heavy atom. The molecule has 0 saturated carbocycles. The van der Waals surface area contributed by atoms with Crippen LogP contribution in [0.15, 0.2) is 89.0 Å². The molecule has 3 aromatic carbocycles. The van der Waals surface area contributed by atoms with Gasteiger partial charge in [-0.1, -0.05) is 59.7 Å². The molecule has 3 N–H and O–H groups in total. The maximum absolute atomic E-state index is 13.4. The molecule has 1 heterocycles. The van der Waals surface area contributed by atoms with Gasteiger partial charge < -0.3 is 14.6 Å². The molecule has 0 aliphatic carbocycles. The van der Waals surface area contributed by atoms with Crippen molar-refractivity contribution in [2.24, 2.45) is 10.1 Å². The van der Waals surface area contributed by atoms with Gasteiger partial charge in [-0.05, 0) is 46.5 Å². The number of azide groups is 1. The van der Waals surface area contributed by atoms with Crippen LogP contribution in [0.25, 0.3) is 10.4 Å². The van der Waals surface area contributed by atoms with Gasteiger partial charge >= 0.3 is 0 Å². The van der Waals surface area contributed by atoms with Gasteiger partial charge in [0, 0.05) is 29.9 Å². The number of benzene rings is 3. The molecule has 0 bridgehead atoms. The van der Waals surface area contributed by atoms with Gasteiger partial charge in [-0.2, -0.15) is 0 Å². The Morgan fingerprint density at radius 3 is 2.54 bits per heavy atom. The van der Waals surface area contributed by atoms with Crippen LogP contribution in [-0.4, -0.2) is 40.9 Å². The summed E-state index contributed by atoms with van der Waals surface area (Å²) in [6.45, 7) is 0.486. The second kappa shape index (κ2) is 12.0. The van der Waals surface area contributed by atoms with Gasteiger partial charge in [0.2, 0.25) is 5.90 Å². The lowest BCUT2D eigenvalue weighted by Gasteiger charge is -2.30. The van der Waals surface area contributed by atoms with Crippen molar-refractivity contribution in [2.45, 2.75) is 31.0 Å². The summed E-state index contributed by atoms with van der Waals surface area (Å²) < 4.78 is 12.0. The number of aliphatic hydroxyl groups is 1. The lowest BCUT2D eigenvalue weighted by Crippen LogP contribution is -2.49. The van der Waals surface area contributed by atoms with Crippen molar-refractivity contribution in [1.82, 2.24) is 5.48 Å². The van der Waals surface area contributed by atoms with E-state index in [-0.39, 0.29) is 25.5 Å². The number of amides is 1. The molecule has 2 atom stereocenters. The van der Waals surface area contributed by atoms with Gasteiger partial charge in [0.1, 0.15) is 5.75 Å². The second-order valence-electron chi connectivity index (χ2n) is 8.48. The van der Waals surface area contributed by atoms with E-state index in [0.29, 0.717) is 35.5 Å². The summed E-state index contributed by atoms with van der Waals surface area (Å²) in [5.41, 5.74) is 11.9. The van der Waals surface area contributed by atoms with Crippen molar-refractivity contribution in [3.05, 3.63) is 112 Å². The molecule has 0 aromatic heterocycles. The number of hydroxylamine groups is 1. The van der Waals surface area contributed by atoms with Crippen LogP contribution in [0.5, 0.6) is 5.75 Å². The van der Waals surface area contributed by atoms with Crippen molar-refractivity contribution < 1.29 is 24.6 Å². The Hall–Kier alpha value is -4.37. The minimum Gasteiger partial charge on any atom is -0.494 e. The molecule has 190 valence electrons. The first kappa shape index (κ1) is 25.7. The lowest BCUT2D eigenvalue weighted by atomic mass is 9.81. The minimum absolute atomic E-state index is 0.0433. The van der Waals surface area contributed by atoms with Gasteiger partial charge in [0.15, 0.2) is 11.6 Å². The highest BCUT2D eigenvalue weighted by molar-refractivity contribution is 6.01. The van der Waals surface area contributed by atoms with E-state index in [9.17, 15) is 10.0 Å². The third kappa shape index (κ3) is 5.73. The third-order valence-corrected chi connectivity index (χ3v) is 6.09. The van der Waals surface area contributed by atoms with Gasteiger partial charge in [0.05, 0.1) is 13.2 Å². The van der Waals surface area contributed by atoms with Gasteiger partial charge in [-0.3, -0.25) is 10.0 Å². The minimum atomic E-state index is -1.55. The summed E-state index contributed by atoms with van der Waals surface area (Å²) in [4.78, 5) is 21.0. The maximum Gasteiger partial charge on any atom is 0.275 e. The zero-order valence-electron chi connectivity index (χ0n) is 20.0. The van der Waals surface area contributed by atoms with E-state index in [2.05, 4.69) is 10.0 Å². The molecule has 10 nitrogen and oxygen atoms in total. The molecule has 0 unspecified atom stereocenters. The van der Waals surface area contributed by atoms with Crippen LogP contribution in [-0.2, 0) is 22.5 Å². The number of ether oxygens (including phenoxy) is 2. The van der Waals surface area contributed by atoms with Crippen LogP contribution in [0, 0.1) is 0 Å². The summed E-state index contributed by atoms with van der Waals surface area (Å²) in [6.07, 6.45) is -0.250. The molecule has 1 amide bonds. The monoisotopic (exact) mass is 501 g/mol. The number of aliphatic imine (C=N–C) groups is 1. The molecule has 0 saturated heterocycles. The first-order valence-corrected chi connectivity index (χ1v) is 11.8. The lowest BCUT2D eigenvalue weighted by molar-refractivity contribution is -0.137. The van der Waals surface area contributed by atoms with E-state index in [1.807, 2.05) is 36.4 Å². The highest BCUT2D eigenvalue weighted by Crippen LogP contribution is 2.43. The fourth-order valence-corrected chi connectivity index (χ4v) is 4.30. The standard InChI is InChI=1S/C27H27N5O5/c28-32-29-18-21-9-4-5-10-23(21)24-27(26(34)31-35,17-19-7-2-1-3-8-19)30-25(37-24)20-11-13-22(14-12-20)36-16-6-15-33/h1-5,7-14,24,33,35H,6,15-18H2,(H,31,34)/t24-,27-/m0/s1. The molecule has 37 heavy (non-hydrogen) atoms. The summed E-state index contributed by atoms with van der Waals surface area (Å²) in [5, 5.41) is 22.4. The quantitative estimate of drug-likeness (QED) is 0.0896. The number of aliphatic hydroxyl groups excluding tert-OH is 1. The van der Waals surface area contributed by atoms with Crippen LogP contribution < -0.4 is 10.2 Å². The Bertz CT molecular complexity index is 1290. The van der Waals surface area contributed by atoms with Crippen molar-refractivity contribution in [1.29, 1.82) is 0 Å². The molecular formula is C27H27N5O5. The number of carbonyl (C=O) groups is 1. The fraction of sp³-hybridized carbons (Fsp3) is 0.259. The summed E-state index contributed by atoms with van der Waals surface area (Å²) in [5.74, 6) is 0.125. The zero-order valence-corrected chi connectivity index (χ0v) is 20.0. The molecule has 0 spiro atoms. The topological polar surface area (TPSA) is 149 Å². The number of nitrogens with one attached hydrogen (secondary N) is 1. The first-order valence-electron chi connectivity index (χ1n) is 11.8. The van der Waals surface area contributed by atoms with Gasteiger partial charge in [0.25, 0.3) is 5.91 Å². The van der Waals surface area contributed by atoms with E-state index in [4.69, 9.17) is 25.1 Å². The van der Waals surface area contributed by atoms with E-state index in [1.54, 1.807) is 47.9 Å². The van der Waals surface area contributed by atoms with Crippen LogP contribution in [0.1, 0.15) is 34.8 Å². The van der Waals surface area contributed by atoms with Gasteiger partial charge in [-0.15, -0.1) is 0 Å². The number of nitrogens with zero attached hydrogens (tertiary/aromatic N) is 4.